The van der Waals surface area contributed by atoms with Crippen LogP contribution in [0.2, 0.25) is 0 Å². The Morgan fingerprint density at radius 1 is 1.35 bits per heavy atom. The van der Waals surface area contributed by atoms with E-state index >= 15 is 0 Å². The maximum absolute atomic E-state index is 12.1. The van der Waals surface area contributed by atoms with E-state index in [9.17, 15) is 13.2 Å². The molecule has 0 bridgehead atoms. The van der Waals surface area contributed by atoms with Gasteiger partial charge in [0.25, 0.3) is 5.56 Å². The summed E-state index contributed by atoms with van der Waals surface area (Å²) in [4.78, 5) is 14.2. The molecule has 1 aliphatic heterocycles. The van der Waals surface area contributed by atoms with E-state index in [1.165, 1.54) is 15.1 Å². The van der Waals surface area contributed by atoms with Gasteiger partial charge in [-0.25, -0.2) is 8.42 Å². The zero-order valence-corrected chi connectivity index (χ0v) is 14.3. The number of pyridine rings is 1. The molecule has 0 amide bonds. The molecule has 126 valence electrons. The number of hydrogen-bond donors (Lipinski definition) is 0. The van der Waals surface area contributed by atoms with E-state index in [0.29, 0.717) is 37.1 Å². The van der Waals surface area contributed by atoms with Gasteiger partial charge in [0.2, 0.25) is 10.0 Å². The van der Waals surface area contributed by atoms with Crippen molar-refractivity contribution in [1.82, 2.24) is 13.8 Å². The minimum atomic E-state index is -3.15. The number of sulfonamides is 1. The van der Waals surface area contributed by atoms with E-state index in [4.69, 9.17) is 4.42 Å². The van der Waals surface area contributed by atoms with Crippen molar-refractivity contribution in [2.24, 2.45) is 7.05 Å². The van der Waals surface area contributed by atoms with Crippen LogP contribution in [0.4, 0.5) is 0 Å². The number of piperazine rings is 1. The van der Waals surface area contributed by atoms with Crippen molar-refractivity contribution in [3.63, 3.8) is 0 Å². The van der Waals surface area contributed by atoms with Crippen molar-refractivity contribution >= 4 is 21.0 Å². The number of furan rings is 1. The van der Waals surface area contributed by atoms with Gasteiger partial charge >= 0.3 is 0 Å². The van der Waals surface area contributed by atoms with Gasteiger partial charge in [0.15, 0.2) is 0 Å². The second-order valence-electron chi connectivity index (χ2n) is 6.16. The molecule has 0 spiro atoms. The molecule has 2 aromatic rings. The molecule has 0 saturated carbocycles. The van der Waals surface area contributed by atoms with E-state index in [1.54, 1.807) is 25.4 Å². The maximum Gasteiger partial charge on any atom is 0.261 e. The highest BCUT2D eigenvalue weighted by atomic mass is 32.2. The Kier molecular flexibility index (Phi) is 4.07. The molecule has 7 nitrogen and oxygen atoms in total. The van der Waals surface area contributed by atoms with Crippen LogP contribution in [0.1, 0.15) is 12.7 Å². The van der Waals surface area contributed by atoms with E-state index in [0.717, 1.165) is 5.76 Å². The van der Waals surface area contributed by atoms with Crippen LogP contribution in [0.5, 0.6) is 0 Å². The Labute approximate surface area is 135 Å². The van der Waals surface area contributed by atoms with E-state index in [-0.39, 0.29) is 11.6 Å². The van der Waals surface area contributed by atoms with Crippen LogP contribution >= 0.6 is 0 Å². The summed E-state index contributed by atoms with van der Waals surface area (Å²) < 4.78 is 32.1. The monoisotopic (exact) mass is 339 g/mol. The second-order valence-corrected chi connectivity index (χ2v) is 8.15. The molecule has 2 aromatic heterocycles. The molecule has 3 rings (SSSR count). The first-order chi connectivity index (χ1) is 10.8. The summed E-state index contributed by atoms with van der Waals surface area (Å²) >= 11 is 0. The molecular formula is C15H21N3O4S. The molecule has 0 aromatic carbocycles. The summed E-state index contributed by atoms with van der Waals surface area (Å²) in [5.41, 5.74) is 0.512. The zero-order valence-electron chi connectivity index (χ0n) is 13.5. The molecule has 1 fully saturated rings. The number of hydrogen-bond acceptors (Lipinski definition) is 5. The molecule has 0 aliphatic carbocycles. The van der Waals surface area contributed by atoms with Crippen LogP contribution < -0.4 is 5.56 Å². The zero-order chi connectivity index (χ0) is 16.8. The Morgan fingerprint density at radius 3 is 2.74 bits per heavy atom. The fourth-order valence-electron chi connectivity index (χ4n) is 2.96. The normalized spacial score (nSPS) is 21.1. The van der Waals surface area contributed by atoms with Gasteiger partial charge in [-0.1, -0.05) is 0 Å². The predicted octanol–water partition coefficient (Wildman–Crippen LogP) is 0.597. The number of nitrogens with zero attached hydrogens (tertiary/aromatic N) is 3. The second kappa shape index (κ2) is 5.77. The molecule has 8 heteroatoms. The van der Waals surface area contributed by atoms with Crippen LogP contribution in [0.25, 0.3) is 11.0 Å². The Bertz CT molecular complexity index is 884. The standard InChI is InChI=1S/C15H21N3O4S/c1-11-9-18(23(3,20)21)7-6-17(11)10-12-8-13-14(22-12)4-5-16(2)15(13)19/h4-5,8,11H,6-7,9-10H2,1-3H3/t11-/m1/s1. The minimum absolute atomic E-state index is 0.0764. The van der Waals surface area contributed by atoms with Crippen LogP contribution in [-0.2, 0) is 23.6 Å². The van der Waals surface area contributed by atoms with Gasteiger partial charge in [0.1, 0.15) is 11.3 Å². The Balaban J connectivity index is 1.78. The van der Waals surface area contributed by atoms with Crippen LogP contribution in [0.15, 0.2) is 27.5 Å². The van der Waals surface area contributed by atoms with Crippen molar-refractivity contribution in [2.75, 3.05) is 25.9 Å². The average Bonchev–Trinajstić information content (AvgIpc) is 2.88. The lowest BCUT2D eigenvalue weighted by Crippen LogP contribution is -2.52. The lowest BCUT2D eigenvalue weighted by atomic mass is 10.2. The number of rotatable bonds is 3. The largest absolute Gasteiger partial charge is 0.459 e. The highest BCUT2D eigenvalue weighted by molar-refractivity contribution is 7.88. The summed E-state index contributed by atoms with van der Waals surface area (Å²) in [5.74, 6) is 0.725. The number of fused-ring (bicyclic) bond motifs is 1. The van der Waals surface area contributed by atoms with Gasteiger partial charge < -0.3 is 8.98 Å². The first-order valence-electron chi connectivity index (χ1n) is 7.53. The third-order valence-corrected chi connectivity index (χ3v) is 5.64. The van der Waals surface area contributed by atoms with Crippen molar-refractivity contribution in [1.29, 1.82) is 0 Å². The average molecular weight is 339 g/mol. The third kappa shape index (κ3) is 3.19. The molecule has 1 atom stereocenters. The van der Waals surface area contributed by atoms with Gasteiger partial charge in [-0.05, 0) is 19.1 Å². The fraction of sp³-hybridized carbons (Fsp3) is 0.533. The van der Waals surface area contributed by atoms with Gasteiger partial charge in [-0.15, -0.1) is 0 Å². The van der Waals surface area contributed by atoms with Crippen LogP contribution in [0, 0.1) is 0 Å². The van der Waals surface area contributed by atoms with Gasteiger partial charge in [-0.2, -0.15) is 4.31 Å². The van der Waals surface area contributed by atoms with Crippen molar-refractivity contribution in [3.8, 4) is 0 Å². The van der Waals surface area contributed by atoms with Crippen molar-refractivity contribution in [2.45, 2.75) is 19.5 Å². The summed E-state index contributed by atoms with van der Waals surface area (Å²) in [6, 6.07) is 3.66. The topological polar surface area (TPSA) is 75.8 Å². The van der Waals surface area contributed by atoms with E-state index in [2.05, 4.69) is 4.90 Å². The maximum atomic E-state index is 12.1. The highest BCUT2D eigenvalue weighted by Crippen LogP contribution is 2.20. The lowest BCUT2D eigenvalue weighted by Gasteiger charge is -2.38. The molecule has 1 saturated heterocycles. The molecule has 1 aliphatic rings. The summed E-state index contributed by atoms with van der Waals surface area (Å²) in [6.07, 6.45) is 2.93. The molecule has 0 radical (unpaired) electrons. The SMILES string of the molecule is C[C@@H]1CN(S(C)(=O)=O)CCN1Cc1cc2c(=O)n(C)ccc2o1. The van der Waals surface area contributed by atoms with Gasteiger partial charge in [0.05, 0.1) is 18.2 Å². The van der Waals surface area contributed by atoms with E-state index in [1.807, 2.05) is 6.92 Å². The quantitative estimate of drug-likeness (QED) is 0.818. The number of aromatic nitrogens is 1. The van der Waals surface area contributed by atoms with Crippen LogP contribution in [0.3, 0.4) is 0 Å². The van der Waals surface area contributed by atoms with Crippen LogP contribution in [-0.4, -0.2) is 54.1 Å². The molecule has 0 unspecified atom stereocenters. The van der Waals surface area contributed by atoms with Crippen molar-refractivity contribution < 1.29 is 12.8 Å². The predicted molar refractivity (Wildman–Crippen MR) is 87.7 cm³/mol. The third-order valence-electron chi connectivity index (χ3n) is 4.37. The summed E-state index contributed by atoms with van der Waals surface area (Å²) in [6.45, 7) is 4.16. The molecule has 0 N–H and O–H groups in total. The first kappa shape index (κ1) is 16.2. The molecule has 3 heterocycles. The van der Waals surface area contributed by atoms with Gasteiger partial charge in [-0.3, -0.25) is 9.69 Å². The Morgan fingerprint density at radius 2 is 2.09 bits per heavy atom. The highest BCUT2D eigenvalue weighted by Gasteiger charge is 2.29. The summed E-state index contributed by atoms with van der Waals surface area (Å²) in [5, 5.41) is 0.576. The lowest BCUT2D eigenvalue weighted by molar-refractivity contribution is 0.115. The number of aryl methyl sites for hydroxylation is 1. The molecular weight excluding hydrogens is 318 g/mol. The minimum Gasteiger partial charge on any atom is -0.459 e. The van der Waals surface area contributed by atoms with Gasteiger partial charge in [0, 0.05) is 38.9 Å². The van der Waals surface area contributed by atoms with E-state index < -0.39 is 10.0 Å². The first-order valence-corrected chi connectivity index (χ1v) is 9.38. The molecule has 23 heavy (non-hydrogen) atoms. The smallest absolute Gasteiger partial charge is 0.261 e. The Hall–Kier alpha value is -1.64. The summed E-state index contributed by atoms with van der Waals surface area (Å²) in [7, 11) is -1.44. The van der Waals surface area contributed by atoms with Crippen molar-refractivity contribution in [3.05, 3.63) is 34.4 Å². The fourth-order valence-corrected chi connectivity index (χ4v) is 3.86.